The number of β-amino-alcohol motifs (C(OH)–C–C–N with tert-alkyl or cyclic N) is 1. The molecular formula is C10H10ClN3O4. The predicted octanol–water partition coefficient (Wildman–Crippen LogP) is 0.850. The molecule has 0 spiro atoms. The van der Waals surface area contributed by atoms with Crippen molar-refractivity contribution in [2.45, 2.75) is 12.5 Å². The van der Waals surface area contributed by atoms with E-state index in [9.17, 15) is 20.0 Å². The van der Waals surface area contributed by atoms with Crippen LogP contribution in [0.3, 0.4) is 0 Å². The highest BCUT2D eigenvalue weighted by molar-refractivity contribution is 6.29. The van der Waals surface area contributed by atoms with Crippen LogP contribution in [0.4, 0.5) is 5.69 Å². The maximum Gasteiger partial charge on any atom is 0.300 e. The van der Waals surface area contributed by atoms with Crippen LogP contribution in [0.1, 0.15) is 17.3 Å². The molecule has 1 N–H and O–H groups in total. The van der Waals surface area contributed by atoms with Crippen molar-refractivity contribution in [1.82, 2.24) is 9.88 Å². The molecule has 0 aromatic carbocycles. The summed E-state index contributed by atoms with van der Waals surface area (Å²) < 4.78 is 0. The van der Waals surface area contributed by atoms with Gasteiger partial charge in [0.1, 0.15) is 16.9 Å². The van der Waals surface area contributed by atoms with Crippen LogP contribution >= 0.6 is 11.6 Å². The number of carbonyl (C=O) groups is 1. The Morgan fingerprint density at radius 1 is 1.67 bits per heavy atom. The number of amides is 1. The Morgan fingerprint density at radius 2 is 2.28 bits per heavy atom. The van der Waals surface area contributed by atoms with Gasteiger partial charge in [-0.3, -0.25) is 14.9 Å². The van der Waals surface area contributed by atoms with Crippen LogP contribution in [0, 0.1) is 10.1 Å². The van der Waals surface area contributed by atoms with Crippen molar-refractivity contribution in [1.29, 1.82) is 0 Å². The second-order valence-electron chi connectivity index (χ2n) is 4.44. The first-order valence-electron chi connectivity index (χ1n) is 5.12. The van der Waals surface area contributed by atoms with E-state index in [1.54, 1.807) is 6.92 Å². The van der Waals surface area contributed by atoms with Gasteiger partial charge in [0.2, 0.25) is 0 Å². The summed E-state index contributed by atoms with van der Waals surface area (Å²) in [7, 11) is 0. The normalized spacial score (nSPS) is 17.2. The first-order chi connectivity index (χ1) is 8.30. The summed E-state index contributed by atoms with van der Waals surface area (Å²) in [6.45, 7) is 1.87. The molecule has 7 nitrogen and oxygen atoms in total. The van der Waals surface area contributed by atoms with Gasteiger partial charge in [-0.2, -0.15) is 0 Å². The number of hydrogen-bond acceptors (Lipinski definition) is 5. The van der Waals surface area contributed by atoms with Crippen LogP contribution in [-0.4, -0.2) is 44.5 Å². The number of rotatable bonds is 2. The van der Waals surface area contributed by atoms with E-state index in [2.05, 4.69) is 4.98 Å². The quantitative estimate of drug-likeness (QED) is 0.489. The Balaban J connectivity index is 2.30. The van der Waals surface area contributed by atoms with Crippen molar-refractivity contribution in [3.63, 3.8) is 0 Å². The Bertz CT molecular complexity index is 524. The van der Waals surface area contributed by atoms with E-state index in [0.717, 1.165) is 12.3 Å². The number of likely N-dealkylation sites (tertiary alicyclic amines) is 1. The van der Waals surface area contributed by atoms with E-state index in [1.165, 1.54) is 4.90 Å². The standard InChI is InChI=1S/C10H10ClN3O4/c1-10(16)4-13(5-10)9(15)6-2-8(11)12-3-7(6)14(17)18/h2-3,16H,4-5H2,1H3. The highest BCUT2D eigenvalue weighted by Gasteiger charge is 2.41. The summed E-state index contributed by atoms with van der Waals surface area (Å²) in [5.41, 5.74) is -1.44. The second kappa shape index (κ2) is 4.18. The van der Waals surface area contributed by atoms with E-state index in [1.807, 2.05) is 0 Å². The third-order valence-corrected chi connectivity index (χ3v) is 2.83. The number of carbonyl (C=O) groups excluding carboxylic acids is 1. The molecular weight excluding hydrogens is 262 g/mol. The molecule has 1 aromatic heterocycles. The van der Waals surface area contributed by atoms with Gasteiger partial charge in [0.25, 0.3) is 11.6 Å². The molecule has 0 atom stereocenters. The molecule has 1 amide bonds. The van der Waals surface area contributed by atoms with Gasteiger partial charge >= 0.3 is 0 Å². The molecule has 18 heavy (non-hydrogen) atoms. The Kier molecular flexibility index (Phi) is 2.95. The van der Waals surface area contributed by atoms with Gasteiger partial charge in [-0.15, -0.1) is 0 Å². The number of nitrogens with zero attached hydrogens (tertiary/aromatic N) is 3. The van der Waals surface area contributed by atoms with Crippen molar-refractivity contribution in [3.05, 3.63) is 33.1 Å². The average Bonchev–Trinajstić information content (AvgIpc) is 2.24. The van der Waals surface area contributed by atoms with Crippen molar-refractivity contribution >= 4 is 23.2 Å². The zero-order valence-electron chi connectivity index (χ0n) is 9.46. The Hall–Kier alpha value is -1.73. The molecule has 0 unspecified atom stereocenters. The lowest BCUT2D eigenvalue weighted by Gasteiger charge is -2.44. The fourth-order valence-corrected chi connectivity index (χ4v) is 1.99. The smallest absolute Gasteiger partial charge is 0.300 e. The Morgan fingerprint density at radius 3 is 2.78 bits per heavy atom. The second-order valence-corrected chi connectivity index (χ2v) is 4.83. The number of hydrogen-bond donors (Lipinski definition) is 1. The summed E-state index contributed by atoms with van der Waals surface area (Å²) in [5, 5.41) is 20.4. The van der Waals surface area contributed by atoms with Gasteiger partial charge in [-0.05, 0) is 13.0 Å². The molecule has 2 heterocycles. The molecule has 96 valence electrons. The van der Waals surface area contributed by atoms with Gasteiger partial charge < -0.3 is 10.0 Å². The van der Waals surface area contributed by atoms with Crippen LogP contribution in [0.5, 0.6) is 0 Å². The van der Waals surface area contributed by atoms with Crippen molar-refractivity contribution in [2.24, 2.45) is 0 Å². The summed E-state index contributed by atoms with van der Waals surface area (Å²) in [4.78, 5) is 27.0. The van der Waals surface area contributed by atoms with Crippen molar-refractivity contribution in [2.75, 3.05) is 13.1 Å². The van der Waals surface area contributed by atoms with Crippen LogP contribution < -0.4 is 0 Å². The van der Waals surface area contributed by atoms with Gasteiger partial charge in [0, 0.05) is 0 Å². The Labute approximate surface area is 107 Å². The fraction of sp³-hybridized carbons (Fsp3) is 0.400. The number of nitro groups is 1. The lowest BCUT2D eigenvalue weighted by molar-refractivity contribution is -0.385. The van der Waals surface area contributed by atoms with E-state index in [4.69, 9.17) is 11.6 Å². The number of halogens is 1. The zero-order chi connectivity index (χ0) is 13.5. The summed E-state index contributed by atoms with van der Waals surface area (Å²) in [5.74, 6) is -0.530. The minimum Gasteiger partial charge on any atom is -0.386 e. The molecule has 0 radical (unpaired) electrons. The van der Waals surface area contributed by atoms with Crippen LogP contribution in [-0.2, 0) is 0 Å². The van der Waals surface area contributed by atoms with Gasteiger partial charge in [0.15, 0.2) is 0 Å². The zero-order valence-corrected chi connectivity index (χ0v) is 10.2. The summed E-state index contributed by atoms with van der Waals surface area (Å²) >= 11 is 5.63. The number of aliphatic hydroxyl groups is 1. The first-order valence-corrected chi connectivity index (χ1v) is 5.49. The molecule has 1 aliphatic rings. The molecule has 0 saturated carbocycles. The summed E-state index contributed by atoms with van der Waals surface area (Å²) in [6, 6.07) is 1.16. The van der Waals surface area contributed by atoms with Gasteiger partial charge in [-0.25, -0.2) is 4.98 Å². The highest BCUT2D eigenvalue weighted by atomic mass is 35.5. The van der Waals surface area contributed by atoms with Gasteiger partial charge in [0.05, 0.1) is 23.6 Å². The molecule has 2 rings (SSSR count). The van der Waals surface area contributed by atoms with E-state index < -0.39 is 22.1 Å². The third kappa shape index (κ3) is 2.27. The highest BCUT2D eigenvalue weighted by Crippen LogP contribution is 2.27. The molecule has 1 saturated heterocycles. The minimum absolute atomic E-state index is 0.0104. The monoisotopic (exact) mass is 271 g/mol. The first kappa shape index (κ1) is 12.7. The summed E-state index contributed by atoms with van der Waals surface area (Å²) in [6.07, 6.45) is 0.952. The number of aromatic nitrogens is 1. The van der Waals surface area contributed by atoms with Crippen molar-refractivity contribution in [3.8, 4) is 0 Å². The van der Waals surface area contributed by atoms with E-state index in [-0.39, 0.29) is 23.8 Å². The molecule has 0 aliphatic carbocycles. The number of pyridine rings is 1. The lowest BCUT2D eigenvalue weighted by Crippen LogP contribution is -2.61. The fourth-order valence-electron chi connectivity index (χ4n) is 1.83. The van der Waals surface area contributed by atoms with Crippen LogP contribution in [0.15, 0.2) is 12.3 Å². The average molecular weight is 272 g/mol. The molecule has 0 bridgehead atoms. The van der Waals surface area contributed by atoms with E-state index in [0.29, 0.717) is 0 Å². The molecule has 1 fully saturated rings. The maximum absolute atomic E-state index is 12.0. The van der Waals surface area contributed by atoms with Gasteiger partial charge in [-0.1, -0.05) is 11.6 Å². The minimum atomic E-state index is -0.929. The largest absolute Gasteiger partial charge is 0.386 e. The predicted molar refractivity (Wildman–Crippen MR) is 62.4 cm³/mol. The van der Waals surface area contributed by atoms with Crippen molar-refractivity contribution < 1.29 is 14.8 Å². The maximum atomic E-state index is 12.0. The molecule has 1 aliphatic heterocycles. The molecule has 1 aromatic rings. The SMILES string of the molecule is CC1(O)CN(C(=O)c2cc(Cl)ncc2[N+](=O)[O-])C1. The third-order valence-electron chi connectivity index (χ3n) is 2.63. The van der Waals surface area contributed by atoms with E-state index >= 15 is 0 Å². The molecule has 8 heteroatoms. The van der Waals surface area contributed by atoms with Crippen LogP contribution in [0.25, 0.3) is 0 Å². The lowest BCUT2D eigenvalue weighted by atomic mass is 9.96. The topological polar surface area (TPSA) is 96.6 Å². The van der Waals surface area contributed by atoms with Crippen LogP contribution in [0.2, 0.25) is 5.15 Å².